The van der Waals surface area contributed by atoms with E-state index >= 15 is 0 Å². The highest BCUT2D eigenvalue weighted by atomic mass is 16.5. The van der Waals surface area contributed by atoms with E-state index in [1.807, 2.05) is 0 Å². The summed E-state index contributed by atoms with van der Waals surface area (Å²) < 4.78 is 10.5. The molecular formula is C16H17NO4. The molecule has 2 aromatic carbocycles. The summed E-state index contributed by atoms with van der Waals surface area (Å²) in [7, 11) is 4.67. The number of amides is 1. The van der Waals surface area contributed by atoms with Crippen molar-refractivity contribution >= 4 is 11.6 Å². The van der Waals surface area contributed by atoms with Crippen LogP contribution >= 0.6 is 0 Å². The molecule has 0 aromatic heterocycles. The number of carbonyl (C=O) groups is 1. The summed E-state index contributed by atoms with van der Waals surface area (Å²) in [6, 6.07) is 11.6. The molecule has 21 heavy (non-hydrogen) atoms. The number of hydrogen-bond donors (Lipinski definition) is 1. The van der Waals surface area contributed by atoms with Gasteiger partial charge in [-0.2, -0.15) is 0 Å². The predicted molar refractivity (Wildman–Crippen MR) is 80.4 cm³/mol. The zero-order valence-electron chi connectivity index (χ0n) is 12.2. The number of benzene rings is 2. The summed E-state index contributed by atoms with van der Waals surface area (Å²) in [4.78, 5) is 14.2. The minimum Gasteiger partial charge on any atom is -0.508 e. The smallest absolute Gasteiger partial charge is 0.265 e. The second-order valence-electron chi connectivity index (χ2n) is 4.42. The van der Waals surface area contributed by atoms with Gasteiger partial charge >= 0.3 is 0 Å². The lowest BCUT2D eigenvalue weighted by atomic mass is 10.1. The summed E-state index contributed by atoms with van der Waals surface area (Å²) in [5.74, 6) is 0.791. The average molecular weight is 287 g/mol. The van der Waals surface area contributed by atoms with Gasteiger partial charge in [-0.1, -0.05) is 6.07 Å². The molecule has 2 rings (SSSR count). The van der Waals surface area contributed by atoms with Gasteiger partial charge in [0.05, 0.1) is 14.2 Å². The number of phenols is 1. The molecule has 5 heteroatoms. The number of aromatic hydroxyl groups is 1. The van der Waals surface area contributed by atoms with Crippen molar-refractivity contribution in [1.29, 1.82) is 0 Å². The zero-order valence-corrected chi connectivity index (χ0v) is 12.2. The Kier molecular flexibility index (Phi) is 4.33. The Morgan fingerprint density at radius 1 is 1.00 bits per heavy atom. The fraction of sp³-hybridized carbons (Fsp3) is 0.188. The molecule has 0 aliphatic carbocycles. The number of carbonyl (C=O) groups excluding carboxylic acids is 1. The molecular weight excluding hydrogens is 270 g/mol. The summed E-state index contributed by atoms with van der Waals surface area (Å²) in [5, 5.41) is 9.31. The lowest BCUT2D eigenvalue weighted by Gasteiger charge is -2.20. The van der Waals surface area contributed by atoms with Crippen molar-refractivity contribution in [1.82, 2.24) is 0 Å². The number of rotatable bonds is 4. The third kappa shape index (κ3) is 2.91. The molecule has 5 nitrogen and oxygen atoms in total. The van der Waals surface area contributed by atoms with Crippen molar-refractivity contribution < 1.29 is 19.4 Å². The fourth-order valence-electron chi connectivity index (χ4n) is 2.02. The van der Waals surface area contributed by atoms with Gasteiger partial charge in [0.1, 0.15) is 22.8 Å². The summed E-state index contributed by atoms with van der Waals surface area (Å²) in [6.45, 7) is 0. The highest BCUT2D eigenvalue weighted by molar-refractivity contribution is 6.09. The molecule has 0 bridgehead atoms. The highest BCUT2D eigenvalue weighted by Gasteiger charge is 2.22. The topological polar surface area (TPSA) is 59.0 Å². The van der Waals surface area contributed by atoms with E-state index in [0.717, 1.165) is 0 Å². The van der Waals surface area contributed by atoms with Crippen LogP contribution in [0.15, 0.2) is 42.5 Å². The lowest BCUT2D eigenvalue weighted by molar-refractivity contribution is 0.0987. The van der Waals surface area contributed by atoms with E-state index in [4.69, 9.17) is 9.47 Å². The van der Waals surface area contributed by atoms with Crippen LogP contribution in [0.2, 0.25) is 0 Å². The molecule has 1 N–H and O–H groups in total. The van der Waals surface area contributed by atoms with Crippen LogP contribution in [0.4, 0.5) is 5.69 Å². The first kappa shape index (κ1) is 14.7. The molecule has 0 saturated carbocycles. The Hall–Kier alpha value is -2.69. The summed E-state index contributed by atoms with van der Waals surface area (Å²) in [5.41, 5.74) is 1.02. The molecule has 110 valence electrons. The van der Waals surface area contributed by atoms with E-state index < -0.39 is 0 Å². The van der Waals surface area contributed by atoms with E-state index in [1.165, 1.54) is 31.3 Å². The Labute approximate surface area is 123 Å². The average Bonchev–Trinajstić information content (AvgIpc) is 2.53. The molecule has 0 spiro atoms. The second kappa shape index (κ2) is 6.17. The first-order chi connectivity index (χ1) is 10.1. The minimum absolute atomic E-state index is 0.148. The fourth-order valence-corrected chi connectivity index (χ4v) is 2.02. The summed E-state index contributed by atoms with van der Waals surface area (Å²) in [6.07, 6.45) is 0. The maximum absolute atomic E-state index is 12.7. The van der Waals surface area contributed by atoms with Crippen LogP contribution < -0.4 is 14.4 Å². The van der Waals surface area contributed by atoms with Gasteiger partial charge in [-0.25, -0.2) is 0 Å². The monoisotopic (exact) mass is 287 g/mol. The quantitative estimate of drug-likeness (QED) is 0.939. The third-order valence-corrected chi connectivity index (χ3v) is 3.18. The van der Waals surface area contributed by atoms with E-state index in [1.54, 1.807) is 37.4 Å². The molecule has 0 fully saturated rings. The van der Waals surface area contributed by atoms with Gasteiger partial charge < -0.3 is 19.5 Å². The van der Waals surface area contributed by atoms with Gasteiger partial charge in [0, 0.05) is 12.7 Å². The molecule has 0 radical (unpaired) electrons. The van der Waals surface area contributed by atoms with Gasteiger partial charge in [-0.05, 0) is 36.4 Å². The minimum atomic E-state index is -0.255. The molecule has 1 amide bonds. The summed E-state index contributed by atoms with van der Waals surface area (Å²) >= 11 is 0. The first-order valence-electron chi connectivity index (χ1n) is 6.36. The zero-order chi connectivity index (χ0) is 15.4. The van der Waals surface area contributed by atoms with Crippen LogP contribution in [0.5, 0.6) is 17.2 Å². The standard InChI is InChI=1S/C16H17NO4/c1-17(11-7-9-12(18)10-8-11)16(19)15-13(20-2)5-4-6-14(15)21-3/h4-10,18H,1-3H3. The molecule has 0 aliphatic heterocycles. The van der Waals surface area contributed by atoms with Crippen molar-refractivity contribution in [2.24, 2.45) is 0 Å². The van der Waals surface area contributed by atoms with E-state index in [0.29, 0.717) is 22.7 Å². The normalized spacial score (nSPS) is 10.0. The third-order valence-electron chi connectivity index (χ3n) is 3.18. The Morgan fingerprint density at radius 2 is 1.52 bits per heavy atom. The van der Waals surface area contributed by atoms with Gasteiger partial charge in [0.15, 0.2) is 0 Å². The van der Waals surface area contributed by atoms with Gasteiger partial charge in [0.25, 0.3) is 5.91 Å². The number of phenolic OH excluding ortho intramolecular Hbond substituents is 1. The van der Waals surface area contributed by atoms with Crippen LogP contribution in [-0.2, 0) is 0 Å². The molecule has 2 aromatic rings. The Bertz CT molecular complexity index is 615. The van der Waals surface area contributed by atoms with Gasteiger partial charge in [-0.15, -0.1) is 0 Å². The molecule has 0 heterocycles. The number of hydrogen-bond acceptors (Lipinski definition) is 4. The van der Waals surface area contributed by atoms with Crippen LogP contribution in [0.1, 0.15) is 10.4 Å². The number of nitrogens with zero attached hydrogens (tertiary/aromatic N) is 1. The Morgan fingerprint density at radius 3 is 2.00 bits per heavy atom. The molecule has 0 saturated heterocycles. The largest absolute Gasteiger partial charge is 0.508 e. The van der Waals surface area contributed by atoms with Crippen LogP contribution in [-0.4, -0.2) is 32.3 Å². The second-order valence-corrected chi connectivity index (χ2v) is 4.42. The van der Waals surface area contributed by atoms with Crippen molar-refractivity contribution in [2.75, 3.05) is 26.2 Å². The van der Waals surface area contributed by atoms with Gasteiger partial charge in [0.2, 0.25) is 0 Å². The van der Waals surface area contributed by atoms with E-state index in [2.05, 4.69) is 0 Å². The SMILES string of the molecule is COc1cccc(OC)c1C(=O)N(C)c1ccc(O)cc1. The van der Waals surface area contributed by atoms with Crippen LogP contribution in [0.25, 0.3) is 0 Å². The van der Waals surface area contributed by atoms with E-state index in [-0.39, 0.29) is 11.7 Å². The number of ether oxygens (including phenoxy) is 2. The van der Waals surface area contributed by atoms with Crippen LogP contribution in [0.3, 0.4) is 0 Å². The Balaban J connectivity index is 2.41. The number of anilines is 1. The maximum atomic E-state index is 12.7. The van der Waals surface area contributed by atoms with Crippen LogP contribution in [0, 0.1) is 0 Å². The van der Waals surface area contributed by atoms with Crippen molar-refractivity contribution in [3.63, 3.8) is 0 Å². The van der Waals surface area contributed by atoms with E-state index in [9.17, 15) is 9.90 Å². The highest BCUT2D eigenvalue weighted by Crippen LogP contribution is 2.30. The molecule has 0 unspecified atom stereocenters. The van der Waals surface area contributed by atoms with Crippen molar-refractivity contribution in [2.45, 2.75) is 0 Å². The first-order valence-corrected chi connectivity index (χ1v) is 6.36. The van der Waals surface area contributed by atoms with Gasteiger partial charge in [-0.3, -0.25) is 4.79 Å². The van der Waals surface area contributed by atoms with Crippen molar-refractivity contribution in [3.8, 4) is 17.2 Å². The maximum Gasteiger partial charge on any atom is 0.265 e. The number of methoxy groups -OCH3 is 2. The lowest BCUT2D eigenvalue weighted by Crippen LogP contribution is -2.27. The molecule has 0 atom stereocenters. The predicted octanol–water partition coefficient (Wildman–Crippen LogP) is 2.69. The van der Waals surface area contributed by atoms with Crippen molar-refractivity contribution in [3.05, 3.63) is 48.0 Å². The molecule has 0 aliphatic rings.